The normalized spacial score (nSPS) is 12.6. The van der Waals surface area contributed by atoms with Crippen molar-refractivity contribution >= 4 is 45.1 Å². The molecule has 4 nitrogen and oxygen atoms in total. The first-order chi connectivity index (χ1) is 9.67. The van der Waals surface area contributed by atoms with E-state index in [9.17, 15) is 0 Å². The third kappa shape index (κ3) is 3.55. The first-order valence-electron chi connectivity index (χ1n) is 6.89. The third-order valence-electron chi connectivity index (χ3n) is 3.08. The van der Waals surface area contributed by atoms with Gasteiger partial charge in [-0.15, -0.1) is 11.3 Å². The van der Waals surface area contributed by atoms with Gasteiger partial charge in [-0.25, -0.2) is 4.98 Å². The Labute approximate surface area is 128 Å². The molecule has 1 atom stereocenters. The monoisotopic (exact) mass is 310 g/mol. The van der Waals surface area contributed by atoms with E-state index in [0.717, 1.165) is 34.8 Å². The Morgan fingerprint density at radius 1 is 1.40 bits per heavy atom. The minimum atomic E-state index is 0.623. The van der Waals surface area contributed by atoms with Crippen molar-refractivity contribution in [2.24, 2.45) is 5.92 Å². The van der Waals surface area contributed by atoms with Crippen molar-refractivity contribution in [2.75, 3.05) is 36.2 Å². The molecular formula is C14H22N4S2. The number of hydrogen-bond donors (Lipinski definition) is 2. The Hall–Kier alpha value is -1.01. The molecule has 0 saturated carbocycles. The van der Waals surface area contributed by atoms with Gasteiger partial charge in [-0.05, 0) is 30.4 Å². The quantitative estimate of drug-likeness (QED) is 0.816. The van der Waals surface area contributed by atoms with Crippen LogP contribution in [-0.2, 0) is 6.42 Å². The molecule has 6 heteroatoms. The van der Waals surface area contributed by atoms with Crippen LogP contribution in [0.2, 0.25) is 0 Å². The highest BCUT2D eigenvalue weighted by molar-refractivity contribution is 7.98. The Balaban J connectivity index is 2.27. The molecular weight excluding hydrogens is 288 g/mol. The molecule has 0 aliphatic heterocycles. The highest BCUT2D eigenvalue weighted by Crippen LogP contribution is 2.30. The molecule has 2 aromatic rings. The number of aryl methyl sites for hydroxylation is 1. The minimum absolute atomic E-state index is 0.623. The molecule has 0 amide bonds. The number of thioether (sulfide) groups is 1. The average Bonchev–Trinajstić information content (AvgIpc) is 2.87. The summed E-state index contributed by atoms with van der Waals surface area (Å²) in [6, 6.07) is 2.21. The fourth-order valence-corrected chi connectivity index (χ4v) is 3.66. The lowest BCUT2D eigenvalue weighted by molar-refractivity contribution is 0.700. The van der Waals surface area contributed by atoms with E-state index < -0.39 is 0 Å². The Bertz CT molecular complexity index is 568. The maximum Gasteiger partial charge on any atom is 0.225 e. The van der Waals surface area contributed by atoms with E-state index in [1.807, 2.05) is 18.8 Å². The van der Waals surface area contributed by atoms with Gasteiger partial charge in [0.1, 0.15) is 10.6 Å². The Morgan fingerprint density at radius 2 is 2.20 bits per heavy atom. The fraction of sp³-hybridized carbons (Fsp3) is 0.571. The van der Waals surface area contributed by atoms with Gasteiger partial charge in [-0.2, -0.15) is 16.7 Å². The fourth-order valence-electron chi connectivity index (χ4n) is 2.01. The van der Waals surface area contributed by atoms with Crippen molar-refractivity contribution in [3.63, 3.8) is 0 Å². The Kier molecular flexibility index (Phi) is 5.48. The molecule has 2 heterocycles. The average molecular weight is 310 g/mol. The number of nitrogens with zero attached hydrogens (tertiary/aromatic N) is 2. The van der Waals surface area contributed by atoms with Crippen LogP contribution in [0, 0.1) is 5.92 Å². The number of hydrogen-bond acceptors (Lipinski definition) is 6. The molecule has 110 valence electrons. The van der Waals surface area contributed by atoms with Crippen molar-refractivity contribution in [3.8, 4) is 0 Å². The van der Waals surface area contributed by atoms with Crippen LogP contribution in [-0.4, -0.2) is 35.6 Å². The first kappa shape index (κ1) is 15.4. The topological polar surface area (TPSA) is 49.8 Å². The van der Waals surface area contributed by atoms with Crippen molar-refractivity contribution in [1.29, 1.82) is 0 Å². The van der Waals surface area contributed by atoms with E-state index in [2.05, 4.69) is 46.8 Å². The number of nitrogens with one attached hydrogen (secondary N) is 2. The summed E-state index contributed by atoms with van der Waals surface area (Å²) in [6.07, 6.45) is 3.18. The second-order valence-electron chi connectivity index (χ2n) is 4.87. The maximum absolute atomic E-state index is 4.57. The summed E-state index contributed by atoms with van der Waals surface area (Å²) in [5.74, 6) is 3.41. The van der Waals surface area contributed by atoms with Gasteiger partial charge >= 0.3 is 0 Å². The van der Waals surface area contributed by atoms with Gasteiger partial charge in [-0.1, -0.05) is 13.8 Å². The zero-order valence-corrected chi connectivity index (χ0v) is 14.1. The van der Waals surface area contributed by atoms with Gasteiger partial charge in [0.05, 0.1) is 5.39 Å². The number of rotatable bonds is 7. The number of aromatic nitrogens is 2. The molecule has 2 rings (SSSR count). The summed E-state index contributed by atoms with van der Waals surface area (Å²) in [7, 11) is 1.86. The molecule has 1 unspecified atom stereocenters. The highest BCUT2D eigenvalue weighted by atomic mass is 32.2. The van der Waals surface area contributed by atoms with Crippen molar-refractivity contribution in [2.45, 2.75) is 20.3 Å². The molecule has 0 aromatic carbocycles. The second-order valence-corrected chi connectivity index (χ2v) is 6.90. The van der Waals surface area contributed by atoms with Gasteiger partial charge in [-0.3, -0.25) is 0 Å². The van der Waals surface area contributed by atoms with Crippen LogP contribution in [0.3, 0.4) is 0 Å². The van der Waals surface area contributed by atoms with Crippen LogP contribution in [0.5, 0.6) is 0 Å². The summed E-state index contributed by atoms with van der Waals surface area (Å²) in [6.45, 7) is 5.37. The van der Waals surface area contributed by atoms with Crippen LogP contribution in [0.1, 0.15) is 18.7 Å². The SMILES string of the molecule is CCc1cc2c(NCC(C)CSC)nc(NC)nc2s1. The molecule has 0 aliphatic rings. The van der Waals surface area contributed by atoms with Crippen LogP contribution in [0.4, 0.5) is 11.8 Å². The van der Waals surface area contributed by atoms with Crippen molar-refractivity contribution in [1.82, 2.24) is 9.97 Å². The number of thiophene rings is 1. The van der Waals surface area contributed by atoms with Crippen LogP contribution >= 0.6 is 23.1 Å². The summed E-state index contributed by atoms with van der Waals surface area (Å²) in [4.78, 5) is 11.5. The van der Waals surface area contributed by atoms with E-state index in [0.29, 0.717) is 11.9 Å². The predicted molar refractivity (Wildman–Crippen MR) is 92.4 cm³/mol. The predicted octanol–water partition coefficient (Wildman–Crippen LogP) is 3.71. The van der Waals surface area contributed by atoms with E-state index in [-0.39, 0.29) is 0 Å². The molecule has 0 fully saturated rings. The molecule has 2 aromatic heterocycles. The van der Waals surface area contributed by atoms with Gasteiger partial charge in [0.2, 0.25) is 5.95 Å². The zero-order valence-electron chi connectivity index (χ0n) is 12.5. The van der Waals surface area contributed by atoms with Gasteiger partial charge < -0.3 is 10.6 Å². The van der Waals surface area contributed by atoms with Crippen LogP contribution in [0.15, 0.2) is 6.07 Å². The van der Waals surface area contributed by atoms with Crippen molar-refractivity contribution in [3.05, 3.63) is 10.9 Å². The molecule has 2 N–H and O–H groups in total. The molecule has 20 heavy (non-hydrogen) atoms. The zero-order chi connectivity index (χ0) is 14.5. The number of fused-ring (bicyclic) bond motifs is 1. The van der Waals surface area contributed by atoms with Crippen LogP contribution < -0.4 is 10.6 Å². The molecule has 0 aliphatic carbocycles. The standard InChI is InChI=1S/C14H22N4S2/c1-5-10-6-11-12(16-7-9(2)8-19-4)17-14(15-3)18-13(11)20-10/h6,9H,5,7-8H2,1-4H3,(H2,15,16,17,18). The summed E-state index contributed by atoms with van der Waals surface area (Å²) >= 11 is 3.63. The molecule has 0 saturated heterocycles. The maximum atomic E-state index is 4.57. The molecule has 0 spiro atoms. The van der Waals surface area contributed by atoms with E-state index >= 15 is 0 Å². The number of anilines is 2. The van der Waals surface area contributed by atoms with E-state index in [1.54, 1.807) is 11.3 Å². The summed E-state index contributed by atoms with van der Waals surface area (Å²) in [5.41, 5.74) is 0. The van der Waals surface area contributed by atoms with Crippen LogP contribution in [0.25, 0.3) is 10.2 Å². The van der Waals surface area contributed by atoms with Crippen molar-refractivity contribution < 1.29 is 0 Å². The van der Waals surface area contributed by atoms with E-state index in [1.165, 1.54) is 4.88 Å². The van der Waals surface area contributed by atoms with Gasteiger partial charge in [0.15, 0.2) is 0 Å². The lowest BCUT2D eigenvalue weighted by Gasteiger charge is -2.13. The smallest absolute Gasteiger partial charge is 0.225 e. The lowest BCUT2D eigenvalue weighted by Crippen LogP contribution is -2.14. The Morgan fingerprint density at radius 3 is 2.85 bits per heavy atom. The van der Waals surface area contributed by atoms with Gasteiger partial charge in [0.25, 0.3) is 0 Å². The summed E-state index contributed by atoms with van der Waals surface area (Å²) in [5, 5.41) is 7.67. The second kappa shape index (κ2) is 7.13. The minimum Gasteiger partial charge on any atom is -0.369 e. The first-order valence-corrected chi connectivity index (χ1v) is 9.10. The molecule has 0 bridgehead atoms. The van der Waals surface area contributed by atoms with E-state index in [4.69, 9.17) is 0 Å². The lowest BCUT2D eigenvalue weighted by atomic mass is 10.2. The largest absolute Gasteiger partial charge is 0.369 e. The highest BCUT2D eigenvalue weighted by Gasteiger charge is 2.11. The third-order valence-corrected chi connectivity index (χ3v) is 5.16. The van der Waals surface area contributed by atoms with Gasteiger partial charge in [0, 0.05) is 18.5 Å². The summed E-state index contributed by atoms with van der Waals surface area (Å²) < 4.78 is 0. The molecule has 0 radical (unpaired) electrons.